The molecule has 0 heterocycles. The summed E-state index contributed by atoms with van der Waals surface area (Å²) in [5, 5.41) is 0. The fourth-order valence-electron chi connectivity index (χ4n) is 3.54. The van der Waals surface area contributed by atoms with Crippen LogP contribution in [-0.4, -0.2) is 0 Å². The van der Waals surface area contributed by atoms with Crippen LogP contribution >= 0.6 is 0 Å². The minimum absolute atomic E-state index is 0.135. The van der Waals surface area contributed by atoms with Crippen LogP contribution in [0.25, 0.3) is 0 Å². The maximum atomic E-state index is 4.02. The van der Waals surface area contributed by atoms with E-state index in [9.17, 15) is 0 Å². The minimum atomic E-state index is 0.135. The molecule has 0 aliphatic heterocycles. The molecule has 1 aliphatic carbocycles. The highest BCUT2D eigenvalue weighted by Crippen LogP contribution is 2.59. The summed E-state index contributed by atoms with van der Waals surface area (Å²) in [7, 11) is 0. The predicted molar refractivity (Wildman–Crippen MR) is 73.3 cm³/mol. The van der Waals surface area contributed by atoms with Gasteiger partial charge in [-0.3, -0.25) is 0 Å². The van der Waals surface area contributed by atoms with Crippen molar-refractivity contribution >= 4 is 0 Å². The van der Waals surface area contributed by atoms with E-state index < -0.39 is 0 Å². The summed E-state index contributed by atoms with van der Waals surface area (Å²) in [6.07, 6.45) is 11.1. The average molecular weight is 218 g/mol. The summed E-state index contributed by atoms with van der Waals surface area (Å²) in [6, 6.07) is 0. The lowest BCUT2D eigenvalue weighted by Crippen LogP contribution is -2.49. The fraction of sp³-hybridized carbons (Fsp3) is 0.625. The Hall–Kier alpha value is -0.780. The molecule has 0 aromatic carbocycles. The van der Waals surface area contributed by atoms with Crippen LogP contribution in [0.15, 0.2) is 37.0 Å². The van der Waals surface area contributed by atoms with E-state index in [0.717, 1.165) is 0 Å². The lowest BCUT2D eigenvalue weighted by Gasteiger charge is -2.56. The SMILES string of the molecule is C=CC1C=CC=CC1(C(C)(C)C)C(C)(C)C. The second kappa shape index (κ2) is 3.91. The summed E-state index contributed by atoms with van der Waals surface area (Å²) in [5.74, 6) is 0.414. The molecule has 0 spiro atoms. The van der Waals surface area contributed by atoms with Crippen molar-refractivity contribution < 1.29 is 0 Å². The van der Waals surface area contributed by atoms with E-state index in [1.165, 1.54) is 0 Å². The van der Waals surface area contributed by atoms with Gasteiger partial charge < -0.3 is 0 Å². The van der Waals surface area contributed by atoms with Crippen molar-refractivity contribution in [2.75, 3.05) is 0 Å². The van der Waals surface area contributed by atoms with Crippen molar-refractivity contribution in [1.29, 1.82) is 0 Å². The molecule has 0 radical (unpaired) electrons. The quantitative estimate of drug-likeness (QED) is 0.544. The Labute approximate surface area is 101 Å². The highest BCUT2D eigenvalue weighted by Gasteiger charge is 2.52. The molecule has 1 atom stereocenters. The third kappa shape index (κ3) is 1.79. The van der Waals surface area contributed by atoms with Crippen LogP contribution in [0.1, 0.15) is 41.5 Å². The molecule has 0 nitrogen and oxygen atoms in total. The summed E-state index contributed by atoms with van der Waals surface area (Å²) in [5.41, 5.74) is 0.563. The van der Waals surface area contributed by atoms with Crippen LogP contribution in [0.2, 0.25) is 0 Å². The zero-order valence-corrected chi connectivity index (χ0v) is 11.7. The molecule has 16 heavy (non-hydrogen) atoms. The molecule has 0 aromatic heterocycles. The van der Waals surface area contributed by atoms with Gasteiger partial charge >= 0.3 is 0 Å². The van der Waals surface area contributed by atoms with Gasteiger partial charge in [-0.1, -0.05) is 71.9 Å². The minimum Gasteiger partial charge on any atom is -0.102 e. The fourth-order valence-corrected chi connectivity index (χ4v) is 3.54. The average Bonchev–Trinajstić information content (AvgIpc) is 2.14. The van der Waals surface area contributed by atoms with Gasteiger partial charge in [0.05, 0.1) is 0 Å². The number of rotatable bonds is 1. The zero-order chi connectivity index (χ0) is 12.6. The van der Waals surface area contributed by atoms with E-state index >= 15 is 0 Å². The molecular formula is C16H26. The lowest BCUT2D eigenvalue weighted by atomic mass is 9.48. The van der Waals surface area contributed by atoms with Gasteiger partial charge in [0.1, 0.15) is 0 Å². The van der Waals surface area contributed by atoms with Crippen LogP contribution in [-0.2, 0) is 0 Å². The normalized spacial score (nSPS) is 24.5. The molecule has 0 amide bonds. The van der Waals surface area contributed by atoms with E-state index in [1.807, 2.05) is 0 Å². The van der Waals surface area contributed by atoms with Gasteiger partial charge in [-0.15, -0.1) is 6.58 Å². The first-order chi connectivity index (χ1) is 7.17. The summed E-state index contributed by atoms with van der Waals surface area (Å²) in [4.78, 5) is 0. The molecule has 1 rings (SSSR count). The van der Waals surface area contributed by atoms with Crippen molar-refractivity contribution in [2.45, 2.75) is 41.5 Å². The van der Waals surface area contributed by atoms with Crippen molar-refractivity contribution in [3.05, 3.63) is 37.0 Å². The first-order valence-electron chi connectivity index (χ1n) is 6.15. The van der Waals surface area contributed by atoms with Crippen LogP contribution in [0, 0.1) is 22.2 Å². The standard InChI is InChI=1S/C16H26/c1-8-13-11-9-10-12-16(13,14(2,3)4)15(5,6)7/h8-13H,1H2,2-7H3. The second-order valence-corrected chi connectivity index (χ2v) is 6.87. The van der Waals surface area contributed by atoms with E-state index in [1.54, 1.807) is 0 Å². The smallest absolute Gasteiger partial charge is 0.00791 e. The monoisotopic (exact) mass is 218 g/mol. The molecule has 0 N–H and O–H groups in total. The lowest BCUT2D eigenvalue weighted by molar-refractivity contribution is -0.00817. The molecule has 0 fully saturated rings. The van der Waals surface area contributed by atoms with Crippen molar-refractivity contribution in [1.82, 2.24) is 0 Å². The third-order valence-electron chi connectivity index (χ3n) is 4.05. The first-order valence-corrected chi connectivity index (χ1v) is 6.15. The third-order valence-corrected chi connectivity index (χ3v) is 4.05. The number of hydrogen-bond donors (Lipinski definition) is 0. The Morgan fingerprint density at radius 1 is 1.00 bits per heavy atom. The van der Waals surface area contributed by atoms with Gasteiger partial charge in [-0.05, 0) is 10.8 Å². The number of hydrogen-bond acceptors (Lipinski definition) is 0. The summed E-state index contributed by atoms with van der Waals surface area (Å²) < 4.78 is 0. The summed E-state index contributed by atoms with van der Waals surface area (Å²) in [6.45, 7) is 18.0. The molecule has 0 saturated carbocycles. The van der Waals surface area contributed by atoms with Crippen LogP contribution in [0.4, 0.5) is 0 Å². The van der Waals surface area contributed by atoms with Gasteiger partial charge in [-0.2, -0.15) is 0 Å². The van der Waals surface area contributed by atoms with E-state index in [4.69, 9.17) is 0 Å². The van der Waals surface area contributed by atoms with E-state index in [-0.39, 0.29) is 16.2 Å². The van der Waals surface area contributed by atoms with Gasteiger partial charge in [0.15, 0.2) is 0 Å². The highest BCUT2D eigenvalue weighted by atomic mass is 14.6. The second-order valence-electron chi connectivity index (χ2n) is 6.87. The molecule has 1 unspecified atom stereocenters. The van der Waals surface area contributed by atoms with Crippen LogP contribution in [0.3, 0.4) is 0 Å². The maximum absolute atomic E-state index is 4.02. The molecule has 0 saturated heterocycles. The summed E-state index contributed by atoms with van der Waals surface area (Å²) >= 11 is 0. The van der Waals surface area contributed by atoms with Gasteiger partial charge in [0.25, 0.3) is 0 Å². The Morgan fingerprint density at radius 2 is 1.50 bits per heavy atom. The Morgan fingerprint density at radius 3 is 1.81 bits per heavy atom. The maximum Gasteiger partial charge on any atom is 0.00791 e. The predicted octanol–water partition coefficient (Wildman–Crippen LogP) is 4.99. The Kier molecular flexibility index (Phi) is 3.24. The molecular weight excluding hydrogens is 192 g/mol. The van der Waals surface area contributed by atoms with Gasteiger partial charge in [-0.25, -0.2) is 0 Å². The zero-order valence-electron chi connectivity index (χ0n) is 11.7. The highest BCUT2D eigenvalue weighted by molar-refractivity contribution is 5.28. The van der Waals surface area contributed by atoms with Gasteiger partial charge in [0, 0.05) is 11.3 Å². The molecule has 0 aromatic rings. The van der Waals surface area contributed by atoms with E-state index in [0.29, 0.717) is 5.92 Å². The van der Waals surface area contributed by atoms with Crippen molar-refractivity contribution in [2.24, 2.45) is 22.2 Å². The van der Waals surface area contributed by atoms with E-state index in [2.05, 4.69) is 78.5 Å². The Balaban J connectivity index is 3.41. The van der Waals surface area contributed by atoms with Crippen molar-refractivity contribution in [3.8, 4) is 0 Å². The Bertz CT molecular complexity index is 301. The molecule has 0 bridgehead atoms. The van der Waals surface area contributed by atoms with Crippen LogP contribution in [0.5, 0.6) is 0 Å². The topological polar surface area (TPSA) is 0 Å². The molecule has 0 heteroatoms. The van der Waals surface area contributed by atoms with Gasteiger partial charge in [0.2, 0.25) is 0 Å². The van der Waals surface area contributed by atoms with Crippen molar-refractivity contribution in [3.63, 3.8) is 0 Å². The largest absolute Gasteiger partial charge is 0.102 e. The molecule has 1 aliphatic rings. The number of allylic oxidation sites excluding steroid dienone is 5. The van der Waals surface area contributed by atoms with Crippen LogP contribution < -0.4 is 0 Å². The first kappa shape index (κ1) is 13.3. The molecule has 90 valence electrons.